The van der Waals surface area contributed by atoms with Crippen molar-refractivity contribution < 1.29 is 4.42 Å². The van der Waals surface area contributed by atoms with Gasteiger partial charge < -0.3 is 9.73 Å². The number of rotatable bonds is 5. The molecule has 0 unspecified atom stereocenters. The van der Waals surface area contributed by atoms with Crippen molar-refractivity contribution in [3.8, 4) is 0 Å². The molecule has 0 spiro atoms. The summed E-state index contributed by atoms with van der Waals surface area (Å²) in [5.74, 6) is 1.96. The SMILES string of the molecule is c1cc2occc2c(NCCCC2CC2)n1. The van der Waals surface area contributed by atoms with Crippen molar-refractivity contribution >= 4 is 16.8 Å². The molecule has 84 valence electrons. The first kappa shape index (κ1) is 9.70. The van der Waals surface area contributed by atoms with Crippen LogP contribution in [0.25, 0.3) is 11.0 Å². The maximum atomic E-state index is 5.33. The Morgan fingerprint density at radius 1 is 1.38 bits per heavy atom. The molecule has 3 heteroatoms. The van der Waals surface area contributed by atoms with E-state index in [-0.39, 0.29) is 0 Å². The number of hydrogen-bond acceptors (Lipinski definition) is 3. The topological polar surface area (TPSA) is 38.1 Å². The van der Waals surface area contributed by atoms with Gasteiger partial charge in [-0.1, -0.05) is 12.8 Å². The van der Waals surface area contributed by atoms with Gasteiger partial charge in [-0.05, 0) is 30.9 Å². The van der Waals surface area contributed by atoms with Crippen LogP contribution in [0.5, 0.6) is 0 Å². The first-order chi connectivity index (χ1) is 7.93. The monoisotopic (exact) mass is 216 g/mol. The zero-order chi connectivity index (χ0) is 10.8. The number of furan rings is 1. The van der Waals surface area contributed by atoms with E-state index in [0.717, 1.165) is 29.2 Å². The van der Waals surface area contributed by atoms with E-state index in [9.17, 15) is 0 Å². The number of nitrogens with one attached hydrogen (secondary N) is 1. The predicted octanol–water partition coefficient (Wildman–Crippen LogP) is 3.43. The zero-order valence-corrected chi connectivity index (χ0v) is 9.28. The largest absolute Gasteiger partial charge is 0.464 e. The number of pyridine rings is 1. The molecule has 2 heterocycles. The number of hydrogen-bond donors (Lipinski definition) is 1. The van der Waals surface area contributed by atoms with Crippen LogP contribution in [0.2, 0.25) is 0 Å². The molecule has 0 bridgehead atoms. The molecule has 2 aromatic rings. The number of fused-ring (bicyclic) bond motifs is 1. The Bertz CT molecular complexity index is 473. The summed E-state index contributed by atoms with van der Waals surface area (Å²) in [4.78, 5) is 4.34. The van der Waals surface area contributed by atoms with Crippen LogP contribution in [0.1, 0.15) is 25.7 Å². The number of aromatic nitrogens is 1. The third-order valence-electron chi connectivity index (χ3n) is 3.16. The van der Waals surface area contributed by atoms with Gasteiger partial charge in [0, 0.05) is 12.7 Å². The molecule has 1 fully saturated rings. The second-order valence-electron chi connectivity index (χ2n) is 4.50. The van der Waals surface area contributed by atoms with Crippen molar-refractivity contribution in [3.05, 3.63) is 24.6 Å². The van der Waals surface area contributed by atoms with Crippen molar-refractivity contribution in [2.24, 2.45) is 5.92 Å². The van der Waals surface area contributed by atoms with Crippen molar-refractivity contribution in [2.45, 2.75) is 25.7 Å². The Kier molecular flexibility index (Phi) is 2.52. The molecule has 1 aliphatic carbocycles. The standard InChI is InChI=1S/C13H16N2O/c1(2-10-3-4-10)7-14-13-11-6-9-16-12(11)5-8-15-13/h5-6,8-10H,1-4,7H2,(H,14,15). The average Bonchev–Trinajstić information content (AvgIpc) is 3.00. The lowest BCUT2D eigenvalue weighted by atomic mass is 10.2. The molecule has 0 atom stereocenters. The van der Waals surface area contributed by atoms with Crippen LogP contribution >= 0.6 is 0 Å². The highest BCUT2D eigenvalue weighted by Gasteiger charge is 2.19. The highest BCUT2D eigenvalue weighted by Crippen LogP contribution is 2.33. The van der Waals surface area contributed by atoms with Gasteiger partial charge in [0.2, 0.25) is 0 Å². The van der Waals surface area contributed by atoms with Gasteiger partial charge in [-0.25, -0.2) is 4.98 Å². The summed E-state index contributed by atoms with van der Waals surface area (Å²) < 4.78 is 5.33. The molecule has 3 rings (SSSR count). The van der Waals surface area contributed by atoms with E-state index in [0.29, 0.717) is 0 Å². The minimum absolute atomic E-state index is 0.902. The summed E-state index contributed by atoms with van der Waals surface area (Å²) in [6.07, 6.45) is 8.97. The summed E-state index contributed by atoms with van der Waals surface area (Å²) in [6.45, 7) is 1.01. The van der Waals surface area contributed by atoms with E-state index < -0.39 is 0 Å². The molecule has 0 radical (unpaired) electrons. The van der Waals surface area contributed by atoms with Gasteiger partial charge in [-0.2, -0.15) is 0 Å². The van der Waals surface area contributed by atoms with Crippen molar-refractivity contribution in [1.29, 1.82) is 0 Å². The molecule has 0 amide bonds. The fourth-order valence-electron chi connectivity index (χ4n) is 2.04. The van der Waals surface area contributed by atoms with E-state index in [1.165, 1.54) is 25.7 Å². The molecule has 1 saturated carbocycles. The zero-order valence-electron chi connectivity index (χ0n) is 9.28. The minimum atomic E-state index is 0.902. The normalized spacial score (nSPS) is 15.5. The van der Waals surface area contributed by atoms with Crippen molar-refractivity contribution in [2.75, 3.05) is 11.9 Å². The molecule has 1 aliphatic rings. The average molecular weight is 216 g/mol. The third kappa shape index (κ3) is 2.03. The Morgan fingerprint density at radius 3 is 3.19 bits per heavy atom. The van der Waals surface area contributed by atoms with Crippen LogP contribution < -0.4 is 5.32 Å². The molecule has 2 aromatic heterocycles. The second kappa shape index (κ2) is 4.16. The Labute approximate surface area is 94.9 Å². The Balaban J connectivity index is 1.61. The van der Waals surface area contributed by atoms with Crippen LogP contribution in [0.3, 0.4) is 0 Å². The molecule has 1 N–H and O–H groups in total. The van der Waals surface area contributed by atoms with Crippen LogP contribution in [-0.2, 0) is 0 Å². The van der Waals surface area contributed by atoms with E-state index in [2.05, 4.69) is 10.3 Å². The smallest absolute Gasteiger partial charge is 0.139 e. The van der Waals surface area contributed by atoms with Crippen LogP contribution in [0.15, 0.2) is 29.0 Å². The predicted molar refractivity (Wildman–Crippen MR) is 64.5 cm³/mol. The van der Waals surface area contributed by atoms with Gasteiger partial charge in [-0.15, -0.1) is 0 Å². The quantitative estimate of drug-likeness (QED) is 0.778. The van der Waals surface area contributed by atoms with Gasteiger partial charge in [0.05, 0.1) is 11.6 Å². The fourth-order valence-corrected chi connectivity index (χ4v) is 2.04. The Hall–Kier alpha value is -1.51. The summed E-state index contributed by atoms with van der Waals surface area (Å²) >= 11 is 0. The first-order valence-corrected chi connectivity index (χ1v) is 5.99. The lowest BCUT2D eigenvalue weighted by molar-refractivity contribution is 0.615. The molecular formula is C13H16N2O. The summed E-state index contributed by atoms with van der Waals surface area (Å²) in [5, 5.41) is 4.46. The van der Waals surface area contributed by atoms with E-state index in [1.54, 1.807) is 12.5 Å². The molecule has 16 heavy (non-hydrogen) atoms. The van der Waals surface area contributed by atoms with Crippen LogP contribution in [0, 0.1) is 5.92 Å². The molecule has 0 aromatic carbocycles. The Morgan fingerprint density at radius 2 is 2.31 bits per heavy atom. The summed E-state index contributed by atoms with van der Waals surface area (Å²) in [7, 11) is 0. The first-order valence-electron chi connectivity index (χ1n) is 5.99. The van der Waals surface area contributed by atoms with Crippen molar-refractivity contribution in [1.82, 2.24) is 4.98 Å². The molecule has 0 aliphatic heterocycles. The molecular weight excluding hydrogens is 200 g/mol. The highest BCUT2D eigenvalue weighted by atomic mass is 16.3. The van der Waals surface area contributed by atoms with Gasteiger partial charge >= 0.3 is 0 Å². The van der Waals surface area contributed by atoms with Gasteiger partial charge in [-0.3, -0.25) is 0 Å². The van der Waals surface area contributed by atoms with E-state index >= 15 is 0 Å². The highest BCUT2D eigenvalue weighted by molar-refractivity contribution is 5.87. The van der Waals surface area contributed by atoms with Crippen LogP contribution in [-0.4, -0.2) is 11.5 Å². The van der Waals surface area contributed by atoms with E-state index in [4.69, 9.17) is 4.42 Å². The molecule has 0 saturated heterocycles. The molecule has 3 nitrogen and oxygen atoms in total. The third-order valence-corrected chi connectivity index (χ3v) is 3.16. The fraction of sp³-hybridized carbons (Fsp3) is 0.462. The maximum Gasteiger partial charge on any atom is 0.139 e. The van der Waals surface area contributed by atoms with Crippen molar-refractivity contribution in [3.63, 3.8) is 0 Å². The minimum Gasteiger partial charge on any atom is -0.464 e. The second-order valence-corrected chi connectivity index (χ2v) is 4.50. The summed E-state index contributed by atoms with van der Waals surface area (Å²) in [5.41, 5.74) is 0.902. The van der Waals surface area contributed by atoms with Gasteiger partial charge in [0.15, 0.2) is 0 Å². The van der Waals surface area contributed by atoms with Gasteiger partial charge in [0.1, 0.15) is 11.4 Å². The van der Waals surface area contributed by atoms with Crippen LogP contribution in [0.4, 0.5) is 5.82 Å². The number of anilines is 1. The number of nitrogens with zero attached hydrogens (tertiary/aromatic N) is 1. The van der Waals surface area contributed by atoms with E-state index in [1.807, 2.05) is 12.1 Å². The maximum absolute atomic E-state index is 5.33. The van der Waals surface area contributed by atoms with Gasteiger partial charge in [0.25, 0.3) is 0 Å². The lowest BCUT2D eigenvalue weighted by Crippen LogP contribution is -2.03. The summed E-state index contributed by atoms with van der Waals surface area (Å²) in [6, 6.07) is 3.86. The lowest BCUT2D eigenvalue weighted by Gasteiger charge is -2.05.